The van der Waals surface area contributed by atoms with Crippen molar-refractivity contribution < 1.29 is 4.79 Å². The van der Waals surface area contributed by atoms with E-state index >= 15 is 0 Å². The minimum Gasteiger partial charge on any atom is -0.361 e. The van der Waals surface area contributed by atoms with Crippen LogP contribution in [0.5, 0.6) is 0 Å². The molecule has 0 unspecified atom stereocenters. The van der Waals surface area contributed by atoms with Crippen LogP contribution < -0.4 is 9.80 Å². The molecule has 0 bridgehead atoms. The summed E-state index contributed by atoms with van der Waals surface area (Å²) in [6, 6.07) is 3.94. The highest BCUT2D eigenvalue weighted by atomic mass is 16.2. The standard InChI is InChI=1S/C17H25N7O/c1-12-16(13(2)22(5)20-12)17(25)24-10-8-23(9-11-24)15-7-6-14(18-19-15)21(3)4/h6-7H,8-11H2,1-5H3. The number of hydrogen-bond donors (Lipinski definition) is 0. The zero-order valence-electron chi connectivity index (χ0n) is 15.5. The molecule has 2 aromatic heterocycles. The summed E-state index contributed by atoms with van der Waals surface area (Å²) in [6.07, 6.45) is 0. The van der Waals surface area contributed by atoms with Gasteiger partial charge in [-0.3, -0.25) is 9.48 Å². The van der Waals surface area contributed by atoms with Gasteiger partial charge in [-0.25, -0.2) is 0 Å². The Hall–Kier alpha value is -2.64. The molecule has 1 fully saturated rings. The number of nitrogens with zero attached hydrogens (tertiary/aromatic N) is 7. The van der Waals surface area contributed by atoms with Gasteiger partial charge < -0.3 is 14.7 Å². The highest BCUT2D eigenvalue weighted by Crippen LogP contribution is 2.19. The van der Waals surface area contributed by atoms with Gasteiger partial charge in [0, 0.05) is 53.0 Å². The summed E-state index contributed by atoms with van der Waals surface area (Å²) in [5.74, 6) is 1.75. The fourth-order valence-electron chi connectivity index (χ4n) is 3.11. The maximum Gasteiger partial charge on any atom is 0.257 e. The second kappa shape index (κ2) is 6.70. The van der Waals surface area contributed by atoms with Gasteiger partial charge in [-0.05, 0) is 26.0 Å². The Balaban J connectivity index is 1.66. The van der Waals surface area contributed by atoms with E-state index in [1.54, 1.807) is 4.68 Å². The summed E-state index contributed by atoms with van der Waals surface area (Å²) < 4.78 is 1.76. The SMILES string of the molecule is Cc1nn(C)c(C)c1C(=O)N1CCN(c2ccc(N(C)C)nn2)CC1. The van der Waals surface area contributed by atoms with Crippen LogP contribution in [0.2, 0.25) is 0 Å². The number of anilines is 2. The van der Waals surface area contributed by atoms with E-state index in [4.69, 9.17) is 0 Å². The maximum absolute atomic E-state index is 12.8. The average Bonchev–Trinajstić information content (AvgIpc) is 2.87. The highest BCUT2D eigenvalue weighted by Gasteiger charge is 2.27. The molecule has 0 aromatic carbocycles. The number of carbonyl (C=O) groups excluding carboxylic acids is 1. The van der Waals surface area contributed by atoms with Gasteiger partial charge in [0.15, 0.2) is 11.6 Å². The van der Waals surface area contributed by atoms with Crippen LogP contribution in [0.25, 0.3) is 0 Å². The van der Waals surface area contributed by atoms with E-state index in [9.17, 15) is 4.79 Å². The van der Waals surface area contributed by atoms with E-state index in [1.165, 1.54) is 0 Å². The number of piperazine rings is 1. The molecular formula is C17H25N7O. The molecule has 1 aliphatic rings. The van der Waals surface area contributed by atoms with Gasteiger partial charge in [0.05, 0.1) is 11.3 Å². The van der Waals surface area contributed by atoms with E-state index in [-0.39, 0.29) is 5.91 Å². The summed E-state index contributed by atoms with van der Waals surface area (Å²) in [5, 5.41) is 12.9. The second-order valence-corrected chi connectivity index (χ2v) is 6.59. The Bertz CT molecular complexity index is 758. The quantitative estimate of drug-likeness (QED) is 0.823. The van der Waals surface area contributed by atoms with E-state index in [2.05, 4.69) is 20.2 Å². The molecule has 0 saturated carbocycles. The van der Waals surface area contributed by atoms with Crippen LogP contribution in [-0.2, 0) is 7.05 Å². The predicted molar refractivity (Wildman–Crippen MR) is 97.2 cm³/mol. The monoisotopic (exact) mass is 343 g/mol. The molecule has 0 radical (unpaired) electrons. The van der Waals surface area contributed by atoms with Crippen molar-refractivity contribution >= 4 is 17.5 Å². The van der Waals surface area contributed by atoms with Gasteiger partial charge in [0.2, 0.25) is 0 Å². The molecule has 3 heterocycles. The van der Waals surface area contributed by atoms with Crippen molar-refractivity contribution in [1.29, 1.82) is 0 Å². The number of rotatable bonds is 3. The van der Waals surface area contributed by atoms with Crippen molar-refractivity contribution in [1.82, 2.24) is 24.9 Å². The number of aromatic nitrogens is 4. The van der Waals surface area contributed by atoms with Gasteiger partial charge in [-0.15, -0.1) is 10.2 Å². The molecule has 25 heavy (non-hydrogen) atoms. The van der Waals surface area contributed by atoms with Crippen LogP contribution in [0, 0.1) is 13.8 Å². The molecule has 0 aliphatic carbocycles. The van der Waals surface area contributed by atoms with Crippen molar-refractivity contribution in [2.24, 2.45) is 7.05 Å². The van der Waals surface area contributed by atoms with E-state index in [0.29, 0.717) is 13.1 Å². The lowest BCUT2D eigenvalue weighted by molar-refractivity contribution is 0.0745. The fraction of sp³-hybridized carbons (Fsp3) is 0.529. The molecule has 134 valence electrons. The van der Waals surface area contributed by atoms with Crippen LogP contribution in [0.1, 0.15) is 21.7 Å². The van der Waals surface area contributed by atoms with Crippen LogP contribution in [0.4, 0.5) is 11.6 Å². The Kier molecular flexibility index (Phi) is 4.61. The molecule has 0 N–H and O–H groups in total. The van der Waals surface area contributed by atoms with Crippen molar-refractivity contribution in [2.75, 3.05) is 50.1 Å². The number of amides is 1. The molecule has 1 aliphatic heterocycles. The Morgan fingerprint density at radius 1 is 1.08 bits per heavy atom. The van der Waals surface area contributed by atoms with Gasteiger partial charge >= 0.3 is 0 Å². The van der Waals surface area contributed by atoms with Gasteiger partial charge in [0.1, 0.15) is 0 Å². The van der Waals surface area contributed by atoms with Gasteiger partial charge in [-0.1, -0.05) is 0 Å². The highest BCUT2D eigenvalue weighted by molar-refractivity contribution is 5.96. The maximum atomic E-state index is 12.8. The zero-order chi connectivity index (χ0) is 18.1. The lowest BCUT2D eigenvalue weighted by Crippen LogP contribution is -2.49. The minimum absolute atomic E-state index is 0.0665. The first-order chi connectivity index (χ1) is 11.9. The molecule has 3 rings (SSSR count). The molecular weight excluding hydrogens is 318 g/mol. The van der Waals surface area contributed by atoms with E-state index in [0.717, 1.165) is 41.7 Å². The summed E-state index contributed by atoms with van der Waals surface area (Å²) in [5.41, 5.74) is 2.43. The summed E-state index contributed by atoms with van der Waals surface area (Å²) in [4.78, 5) is 18.8. The Morgan fingerprint density at radius 3 is 2.24 bits per heavy atom. The van der Waals surface area contributed by atoms with Crippen molar-refractivity contribution in [3.05, 3.63) is 29.1 Å². The predicted octanol–water partition coefficient (Wildman–Crippen LogP) is 0.855. The summed E-state index contributed by atoms with van der Waals surface area (Å²) in [7, 11) is 5.75. The first-order valence-electron chi connectivity index (χ1n) is 8.44. The summed E-state index contributed by atoms with van der Waals surface area (Å²) >= 11 is 0. The zero-order valence-corrected chi connectivity index (χ0v) is 15.5. The number of aryl methyl sites for hydroxylation is 2. The Labute approximate surface area is 148 Å². The third-order valence-corrected chi connectivity index (χ3v) is 4.71. The molecule has 1 saturated heterocycles. The minimum atomic E-state index is 0.0665. The second-order valence-electron chi connectivity index (χ2n) is 6.59. The molecule has 2 aromatic rings. The van der Waals surface area contributed by atoms with E-state index in [1.807, 2.05) is 56.9 Å². The van der Waals surface area contributed by atoms with E-state index < -0.39 is 0 Å². The molecule has 8 heteroatoms. The topological polar surface area (TPSA) is 70.4 Å². The number of hydrogen-bond acceptors (Lipinski definition) is 6. The lowest BCUT2D eigenvalue weighted by atomic mass is 10.1. The first kappa shape index (κ1) is 17.2. The Morgan fingerprint density at radius 2 is 1.76 bits per heavy atom. The van der Waals surface area contributed by atoms with Crippen LogP contribution in [-0.4, -0.2) is 71.1 Å². The van der Waals surface area contributed by atoms with Crippen LogP contribution >= 0.6 is 0 Å². The average molecular weight is 343 g/mol. The third-order valence-electron chi connectivity index (χ3n) is 4.71. The lowest BCUT2D eigenvalue weighted by Gasteiger charge is -2.35. The third kappa shape index (κ3) is 3.29. The normalized spacial score (nSPS) is 14.8. The van der Waals surface area contributed by atoms with Crippen molar-refractivity contribution in [3.8, 4) is 0 Å². The van der Waals surface area contributed by atoms with Gasteiger partial charge in [0.25, 0.3) is 5.91 Å². The van der Waals surface area contributed by atoms with Crippen molar-refractivity contribution in [3.63, 3.8) is 0 Å². The van der Waals surface area contributed by atoms with Crippen LogP contribution in [0.3, 0.4) is 0 Å². The fourth-order valence-corrected chi connectivity index (χ4v) is 3.11. The van der Waals surface area contributed by atoms with Crippen LogP contribution in [0.15, 0.2) is 12.1 Å². The summed E-state index contributed by atoms with van der Waals surface area (Å²) in [6.45, 7) is 6.66. The van der Waals surface area contributed by atoms with Gasteiger partial charge in [-0.2, -0.15) is 5.10 Å². The largest absolute Gasteiger partial charge is 0.361 e. The molecule has 0 spiro atoms. The number of carbonyl (C=O) groups is 1. The first-order valence-corrected chi connectivity index (χ1v) is 8.44. The molecule has 0 atom stereocenters. The van der Waals surface area contributed by atoms with Crippen molar-refractivity contribution in [2.45, 2.75) is 13.8 Å². The molecule has 1 amide bonds. The molecule has 8 nitrogen and oxygen atoms in total. The smallest absolute Gasteiger partial charge is 0.257 e.